The standard InChI is InChI=1S/C20H13Cl2N3OS/c1-12-2-5-14(6-3-12)27-18-9-8-17-19(20(26)23-11-25(17)24-18)15-7-4-13(21)10-16(15)22/h2-11H,1H3. The number of benzene rings is 2. The monoisotopic (exact) mass is 413 g/mol. The van der Waals surface area contributed by atoms with Gasteiger partial charge in [-0.2, -0.15) is 10.1 Å². The molecule has 0 amide bonds. The first-order chi connectivity index (χ1) is 13.0. The molecule has 27 heavy (non-hydrogen) atoms. The van der Waals surface area contributed by atoms with Gasteiger partial charge in [0.15, 0.2) is 0 Å². The number of aromatic nitrogens is 3. The molecule has 0 radical (unpaired) electrons. The SMILES string of the molecule is Cc1ccc(Sc2ccc3c(-c4ccc(Cl)cc4Cl)c(=O)ncn3n2)cc1. The Bertz CT molecular complexity index is 1210. The fourth-order valence-corrected chi connectivity index (χ4v) is 4.00. The Balaban J connectivity index is 1.81. The van der Waals surface area contributed by atoms with E-state index in [-0.39, 0.29) is 5.56 Å². The van der Waals surface area contributed by atoms with E-state index in [1.165, 1.54) is 11.9 Å². The zero-order valence-electron chi connectivity index (χ0n) is 14.2. The van der Waals surface area contributed by atoms with Crippen molar-refractivity contribution < 1.29 is 0 Å². The maximum atomic E-state index is 12.4. The smallest absolute Gasteiger partial charge is 0.267 e. The molecule has 2 aromatic carbocycles. The molecule has 0 aliphatic heterocycles. The topological polar surface area (TPSA) is 47.3 Å². The van der Waals surface area contributed by atoms with E-state index in [4.69, 9.17) is 23.2 Å². The summed E-state index contributed by atoms with van der Waals surface area (Å²) >= 11 is 13.8. The van der Waals surface area contributed by atoms with Crippen molar-refractivity contribution >= 4 is 40.5 Å². The van der Waals surface area contributed by atoms with Crippen LogP contribution < -0.4 is 5.56 Å². The number of nitrogens with zero attached hydrogens (tertiary/aromatic N) is 3. The van der Waals surface area contributed by atoms with E-state index in [1.807, 2.05) is 19.1 Å². The van der Waals surface area contributed by atoms with Crippen LogP contribution in [0.3, 0.4) is 0 Å². The van der Waals surface area contributed by atoms with E-state index >= 15 is 0 Å². The minimum Gasteiger partial charge on any atom is -0.267 e. The van der Waals surface area contributed by atoms with Gasteiger partial charge >= 0.3 is 0 Å². The van der Waals surface area contributed by atoms with Crippen LogP contribution in [0.15, 0.2) is 75.6 Å². The average Bonchev–Trinajstić information content (AvgIpc) is 2.65. The fourth-order valence-electron chi connectivity index (χ4n) is 2.71. The molecule has 0 N–H and O–H groups in total. The van der Waals surface area contributed by atoms with E-state index < -0.39 is 0 Å². The quantitative estimate of drug-likeness (QED) is 0.443. The summed E-state index contributed by atoms with van der Waals surface area (Å²) in [6.45, 7) is 2.05. The molecule has 4 nitrogen and oxygen atoms in total. The summed E-state index contributed by atoms with van der Waals surface area (Å²) in [5.41, 5.74) is 2.46. The zero-order chi connectivity index (χ0) is 19.0. The van der Waals surface area contributed by atoms with Crippen LogP contribution in [0.25, 0.3) is 16.6 Å². The van der Waals surface area contributed by atoms with Crippen LogP contribution in [0.5, 0.6) is 0 Å². The van der Waals surface area contributed by atoms with Crippen LogP contribution >= 0.6 is 35.0 Å². The molecule has 7 heteroatoms. The number of rotatable bonds is 3. The summed E-state index contributed by atoms with van der Waals surface area (Å²) in [7, 11) is 0. The molecular formula is C20H13Cl2N3OS. The maximum absolute atomic E-state index is 12.4. The molecule has 0 atom stereocenters. The van der Waals surface area contributed by atoms with E-state index in [0.29, 0.717) is 26.7 Å². The van der Waals surface area contributed by atoms with Crippen molar-refractivity contribution in [1.82, 2.24) is 14.6 Å². The van der Waals surface area contributed by atoms with E-state index in [2.05, 4.69) is 34.3 Å². The van der Waals surface area contributed by atoms with Crippen LogP contribution in [0.4, 0.5) is 0 Å². The lowest BCUT2D eigenvalue weighted by Crippen LogP contribution is -2.13. The number of hydrogen-bond acceptors (Lipinski definition) is 4. The number of hydrogen-bond donors (Lipinski definition) is 0. The molecule has 2 aromatic heterocycles. The number of halogens is 2. The van der Waals surface area contributed by atoms with Gasteiger partial charge in [-0.25, -0.2) is 4.52 Å². The van der Waals surface area contributed by atoms with Crippen molar-refractivity contribution in [2.75, 3.05) is 0 Å². The van der Waals surface area contributed by atoms with Gasteiger partial charge in [-0.05, 0) is 43.3 Å². The predicted octanol–water partition coefficient (Wildman–Crippen LogP) is 5.52. The Morgan fingerprint density at radius 3 is 2.52 bits per heavy atom. The lowest BCUT2D eigenvalue weighted by molar-refractivity contribution is 0.824. The number of aryl methyl sites for hydroxylation is 1. The highest BCUT2D eigenvalue weighted by Gasteiger charge is 2.14. The minimum absolute atomic E-state index is 0.361. The Kier molecular flexibility index (Phi) is 4.91. The van der Waals surface area contributed by atoms with Crippen LogP contribution in [-0.4, -0.2) is 14.6 Å². The van der Waals surface area contributed by atoms with Gasteiger partial charge in [0, 0.05) is 15.5 Å². The summed E-state index contributed by atoms with van der Waals surface area (Å²) in [6.07, 6.45) is 1.42. The van der Waals surface area contributed by atoms with E-state index in [9.17, 15) is 4.79 Å². The molecule has 4 aromatic rings. The summed E-state index contributed by atoms with van der Waals surface area (Å²) in [4.78, 5) is 17.5. The van der Waals surface area contributed by atoms with Gasteiger partial charge in [0.1, 0.15) is 11.4 Å². The van der Waals surface area contributed by atoms with Crippen LogP contribution in [-0.2, 0) is 0 Å². The lowest BCUT2D eigenvalue weighted by atomic mass is 10.1. The molecule has 0 unspecified atom stereocenters. The molecule has 4 rings (SSSR count). The van der Waals surface area contributed by atoms with Gasteiger partial charge in [-0.1, -0.05) is 58.7 Å². The predicted molar refractivity (Wildman–Crippen MR) is 110 cm³/mol. The first-order valence-electron chi connectivity index (χ1n) is 8.10. The molecular weight excluding hydrogens is 401 g/mol. The molecule has 134 valence electrons. The van der Waals surface area contributed by atoms with E-state index in [0.717, 1.165) is 9.92 Å². The average molecular weight is 414 g/mol. The molecule has 0 bridgehead atoms. The second kappa shape index (κ2) is 7.35. The van der Waals surface area contributed by atoms with Crippen molar-refractivity contribution in [2.45, 2.75) is 16.8 Å². The van der Waals surface area contributed by atoms with Gasteiger partial charge in [0.2, 0.25) is 0 Å². The van der Waals surface area contributed by atoms with Gasteiger partial charge in [0.25, 0.3) is 5.56 Å². The Morgan fingerprint density at radius 2 is 1.78 bits per heavy atom. The van der Waals surface area contributed by atoms with Crippen molar-refractivity contribution in [3.63, 3.8) is 0 Å². The van der Waals surface area contributed by atoms with Gasteiger partial charge in [-0.3, -0.25) is 4.79 Å². The molecule has 0 saturated carbocycles. The molecule has 0 fully saturated rings. The van der Waals surface area contributed by atoms with Crippen molar-refractivity contribution in [1.29, 1.82) is 0 Å². The van der Waals surface area contributed by atoms with Gasteiger partial charge in [-0.15, -0.1) is 0 Å². The third-order valence-corrected chi connectivity index (χ3v) is 5.52. The van der Waals surface area contributed by atoms with Crippen molar-refractivity contribution in [2.24, 2.45) is 0 Å². The van der Waals surface area contributed by atoms with Crippen LogP contribution in [0, 0.1) is 6.92 Å². The second-order valence-electron chi connectivity index (χ2n) is 5.97. The summed E-state index contributed by atoms with van der Waals surface area (Å²) in [5, 5.41) is 6.28. The number of fused-ring (bicyclic) bond motifs is 1. The largest absolute Gasteiger partial charge is 0.281 e. The second-order valence-corrected chi connectivity index (χ2v) is 7.90. The third-order valence-electron chi connectivity index (χ3n) is 4.04. The highest BCUT2D eigenvalue weighted by atomic mass is 35.5. The fraction of sp³-hybridized carbons (Fsp3) is 0.0500. The van der Waals surface area contributed by atoms with Crippen LogP contribution in [0.1, 0.15) is 5.56 Å². The minimum atomic E-state index is -0.361. The van der Waals surface area contributed by atoms with Crippen molar-refractivity contribution in [3.8, 4) is 11.1 Å². The maximum Gasteiger partial charge on any atom is 0.281 e. The Hall–Kier alpha value is -2.34. The molecule has 2 heterocycles. The molecule has 0 aliphatic rings. The Morgan fingerprint density at radius 1 is 1.00 bits per heavy atom. The first-order valence-corrected chi connectivity index (χ1v) is 9.67. The summed E-state index contributed by atoms with van der Waals surface area (Å²) in [5.74, 6) is 0. The molecule has 0 aliphatic carbocycles. The molecule has 0 saturated heterocycles. The van der Waals surface area contributed by atoms with Gasteiger partial charge in [0.05, 0.1) is 16.1 Å². The Labute approximate surface area is 169 Å². The van der Waals surface area contributed by atoms with Crippen LogP contribution in [0.2, 0.25) is 10.0 Å². The lowest BCUT2D eigenvalue weighted by Gasteiger charge is -2.09. The molecule has 0 spiro atoms. The first kappa shape index (κ1) is 18.0. The van der Waals surface area contributed by atoms with Gasteiger partial charge < -0.3 is 0 Å². The van der Waals surface area contributed by atoms with E-state index in [1.54, 1.807) is 34.5 Å². The zero-order valence-corrected chi connectivity index (χ0v) is 16.5. The highest BCUT2D eigenvalue weighted by molar-refractivity contribution is 7.99. The van der Waals surface area contributed by atoms with Crippen molar-refractivity contribution in [3.05, 3.63) is 86.9 Å². The summed E-state index contributed by atoms with van der Waals surface area (Å²) < 4.78 is 1.60. The normalized spacial score (nSPS) is 11.1. The third kappa shape index (κ3) is 3.72. The summed E-state index contributed by atoms with van der Waals surface area (Å²) in [6, 6.07) is 17.0. The highest BCUT2D eigenvalue weighted by Crippen LogP contribution is 2.32.